The van der Waals surface area contributed by atoms with Crippen LogP contribution < -0.4 is 5.73 Å². The van der Waals surface area contributed by atoms with Crippen molar-refractivity contribution in [2.45, 2.75) is 6.92 Å². The van der Waals surface area contributed by atoms with Crippen LogP contribution in [-0.2, 0) is 0 Å². The second-order valence-corrected chi connectivity index (χ2v) is 1.69. The molecule has 1 heterocycles. The zero-order valence-corrected chi connectivity index (χ0v) is 4.97. The lowest BCUT2D eigenvalue weighted by atomic mass is 10.5. The minimum Gasteiger partial charge on any atom is -0.381 e. The highest BCUT2D eigenvalue weighted by Crippen LogP contribution is 2.03. The molecule has 46 valence electrons. The molecule has 0 aliphatic heterocycles. The van der Waals surface area contributed by atoms with Crippen molar-refractivity contribution >= 4 is 5.82 Å². The fourth-order valence-corrected chi connectivity index (χ4v) is 0.595. The predicted octanol–water partition coefficient (Wildman–Crippen LogP) is 0.172. The van der Waals surface area contributed by atoms with Gasteiger partial charge in [-0.2, -0.15) is 5.26 Å². The Morgan fingerprint density at radius 2 is 2.44 bits per heavy atom. The maximum Gasteiger partial charge on any atom is 0.161 e. The van der Waals surface area contributed by atoms with Crippen molar-refractivity contribution in [2.75, 3.05) is 5.73 Å². The van der Waals surface area contributed by atoms with Gasteiger partial charge in [0.05, 0.1) is 0 Å². The van der Waals surface area contributed by atoms with E-state index in [4.69, 9.17) is 11.0 Å². The molecule has 0 aliphatic rings. The Labute approximate surface area is 52.3 Å². The van der Waals surface area contributed by atoms with E-state index in [1.165, 1.54) is 0 Å². The molecule has 0 saturated carbocycles. The predicted molar refractivity (Wildman–Crippen MR) is 32.5 cm³/mol. The molecular formula is C5H6N4. The topological polar surface area (TPSA) is 78.5 Å². The van der Waals surface area contributed by atoms with Crippen LogP contribution in [0.25, 0.3) is 0 Å². The number of nitrogen functional groups attached to an aromatic ring is 1. The second-order valence-electron chi connectivity index (χ2n) is 1.69. The summed E-state index contributed by atoms with van der Waals surface area (Å²) >= 11 is 0. The number of H-pyrrole nitrogens is 1. The maximum absolute atomic E-state index is 8.33. The number of nitriles is 1. The quantitative estimate of drug-likeness (QED) is 0.515. The summed E-state index contributed by atoms with van der Waals surface area (Å²) in [6.45, 7) is 1.75. The lowest BCUT2D eigenvalue weighted by Gasteiger charge is -1.76. The van der Waals surface area contributed by atoms with Gasteiger partial charge in [0.25, 0.3) is 0 Å². The first-order valence-electron chi connectivity index (χ1n) is 2.46. The number of nitrogens with one attached hydrogen (secondary N) is 1. The number of imidazole rings is 1. The van der Waals surface area contributed by atoms with Gasteiger partial charge in [-0.15, -0.1) is 0 Å². The molecule has 0 radical (unpaired) electrons. The fraction of sp³-hybridized carbons (Fsp3) is 0.200. The zero-order valence-electron chi connectivity index (χ0n) is 4.97. The Balaban J connectivity index is 3.20. The molecule has 0 aromatic carbocycles. The van der Waals surface area contributed by atoms with E-state index < -0.39 is 0 Å². The number of hydrogen-bond acceptors (Lipinski definition) is 3. The molecule has 4 heteroatoms. The molecule has 0 atom stereocenters. The van der Waals surface area contributed by atoms with Gasteiger partial charge < -0.3 is 10.7 Å². The minimum absolute atomic E-state index is 0.273. The van der Waals surface area contributed by atoms with E-state index in [1.807, 2.05) is 6.07 Å². The summed E-state index contributed by atoms with van der Waals surface area (Å²) in [6.07, 6.45) is 0. The lowest BCUT2D eigenvalue weighted by Crippen LogP contribution is -1.86. The molecule has 0 saturated heterocycles. The number of aryl methyl sites for hydroxylation is 1. The van der Waals surface area contributed by atoms with Crippen molar-refractivity contribution in [1.82, 2.24) is 9.97 Å². The fourth-order valence-electron chi connectivity index (χ4n) is 0.595. The Morgan fingerprint density at radius 1 is 1.78 bits per heavy atom. The number of anilines is 1. The molecule has 0 fully saturated rings. The van der Waals surface area contributed by atoms with E-state index in [0.717, 1.165) is 0 Å². The van der Waals surface area contributed by atoms with Crippen molar-refractivity contribution in [1.29, 1.82) is 5.26 Å². The van der Waals surface area contributed by atoms with E-state index >= 15 is 0 Å². The molecule has 0 amide bonds. The van der Waals surface area contributed by atoms with Gasteiger partial charge in [-0.25, -0.2) is 4.98 Å². The van der Waals surface area contributed by atoms with E-state index in [2.05, 4.69) is 9.97 Å². The van der Waals surface area contributed by atoms with E-state index in [1.54, 1.807) is 6.92 Å². The lowest BCUT2D eigenvalue weighted by molar-refractivity contribution is 1.14. The van der Waals surface area contributed by atoms with Crippen LogP contribution in [-0.4, -0.2) is 9.97 Å². The number of hydrogen-bond donors (Lipinski definition) is 2. The van der Waals surface area contributed by atoms with Crippen molar-refractivity contribution in [2.24, 2.45) is 0 Å². The molecule has 0 bridgehead atoms. The highest BCUT2D eigenvalue weighted by molar-refractivity contribution is 5.43. The minimum atomic E-state index is 0.273. The molecular weight excluding hydrogens is 116 g/mol. The monoisotopic (exact) mass is 122 g/mol. The molecule has 0 unspecified atom stereocenters. The average Bonchev–Trinajstić information content (AvgIpc) is 2.10. The SMILES string of the molecule is Cc1nc(N)c(C#N)[nH]1. The third-order valence-electron chi connectivity index (χ3n) is 0.962. The molecule has 3 N–H and O–H groups in total. The van der Waals surface area contributed by atoms with Gasteiger partial charge in [0.1, 0.15) is 11.9 Å². The molecule has 1 aromatic heterocycles. The molecule has 9 heavy (non-hydrogen) atoms. The molecule has 0 spiro atoms. The molecule has 1 aromatic rings. The Bertz CT molecular complexity index is 254. The van der Waals surface area contributed by atoms with E-state index in [9.17, 15) is 0 Å². The van der Waals surface area contributed by atoms with E-state index in [0.29, 0.717) is 11.5 Å². The summed E-state index contributed by atoms with van der Waals surface area (Å²) in [7, 11) is 0. The third-order valence-corrected chi connectivity index (χ3v) is 0.962. The summed E-state index contributed by atoms with van der Waals surface area (Å²) < 4.78 is 0. The first kappa shape index (κ1) is 5.63. The zero-order chi connectivity index (χ0) is 6.85. The third kappa shape index (κ3) is 0.842. The van der Waals surface area contributed by atoms with Crippen LogP contribution in [0.4, 0.5) is 5.82 Å². The Hall–Kier alpha value is -1.50. The van der Waals surface area contributed by atoms with Crippen molar-refractivity contribution in [3.8, 4) is 6.07 Å². The van der Waals surface area contributed by atoms with Gasteiger partial charge in [-0.1, -0.05) is 0 Å². The van der Waals surface area contributed by atoms with Crippen LogP contribution in [0, 0.1) is 18.3 Å². The van der Waals surface area contributed by atoms with Crippen molar-refractivity contribution in [3.05, 3.63) is 11.5 Å². The smallest absolute Gasteiger partial charge is 0.161 e. The standard InChI is InChI=1S/C5H6N4/c1-3-8-4(2-6)5(7)9-3/h7H2,1H3,(H,8,9). The van der Waals surface area contributed by atoms with Crippen LogP contribution in [0.1, 0.15) is 11.5 Å². The number of rotatable bonds is 0. The van der Waals surface area contributed by atoms with Crippen LogP contribution in [0.15, 0.2) is 0 Å². The van der Waals surface area contributed by atoms with Gasteiger partial charge in [0.2, 0.25) is 0 Å². The first-order chi connectivity index (χ1) is 4.24. The highest BCUT2D eigenvalue weighted by atomic mass is 15.0. The van der Waals surface area contributed by atoms with Crippen LogP contribution in [0.2, 0.25) is 0 Å². The number of aromatic nitrogens is 2. The summed E-state index contributed by atoms with van der Waals surface area (Å²) in [5, 5.41) is 8.33. The first-order valence-corrected chi connectivity index (χ1v) is 2.46. The van der Waals surface area contributed by atoms with E-state index in [-0.39, 0.29) is 5.82 Å². The Morgan fingerprint density at radius 3 is 2.67 bits per heavy atom. The highest BCUT2D eigenvalue weighted by Gasteiger charge is 2.00. The van der Waals surface area contributed by atoms with Crippen molar-refractivity contribution < 1.29 is 0 Å². The second kappa shape index (κ2) is 1.78. The average molecular weight is 122 g/mol. The largest absolute Gasteiger partial charge is 0.381 e. The van der Waals surface area contributed by atoms with Gasteiger partial charge in [-0.05, 0) is 6.92 Å². The van der Waals surface area contributed by atoms with Crippen molar-refractivity contribution in [3.63, 3.8) is 0 Å². The van der Waals surface area contributed by atoms with Gasteiger partial charge in [-0.3, -0.25) is 0 Å². The number of aromatic amines is 1. The molecule has 4 nitrogen and oxygen atoms in total. The van der Waals surface area contributed by atoms with Crippen LogP contribution in [0.3, 0.4) is 0 Å². The summed E-state index contributed by atoms with van der Waals surface area (Å²) in [6, 6.07) is 1.87. The Kier molecular flexibility index (Phi) is 1.12. The summed E-state index contributed by atoms with van der Waals surface area (Å²) in [4.78, 5) is 6.48. The normalized spacial score (nSPS) is 8.89. The summed E-state index contributed by atoms with van der Waals surface area (Å²) in [5.74, 6) is 0.944. The van der Waals surface area contributed by atoms with Gasteiger partial charge in [0.15, 0.2) is 11.5 Å². The van der Waals surface area contributed by atoms with Crippen LogP contribution >= 0.6 is 0 Å². The number of nitrogens with two attached hydrogens (primary N) is 1. The van der Waals surface area contributed by atoms with Gasteiger partial charge >= 0.3 is 0 Å². The van der Waals surface area contributed by atoms with Gasteiger partial charge in [0, 0.05) is 0 Å². The maximum atomic E-state index is 8.33. The van der Waals surface area contributed by atoms with Crippen LogP contribution in [0.5, 0.6) is 0 Å². The number of nitrogens with zero attached hydrogens (tertiary/aromatic N) is 2. The molecule has 1 rings (SSSR count). The molecule has 0 aliphatic carbocycles. The summed E-state index contributed by atoms with van der Waals surface area (Å²) in [5.41, 5.74) is 5.63.